The molecule has 0 aliphatic heterocycles. The SMILES string of the molecule is C=C(CC)[C@@H](C)[C@@H](O)c1ccccc1. The minimum Gasteiger partial charge on any atom is -0.388 e. The highest BCUT2D eigenvalue weighted by Gasteiger charge is 2.17. The topological polar surface area (TPSA) is 20.2 Å². The van der Waals surface area contributed by atoms with Crippen LogP contribution in [0.1, 0.15) is 31.9 Å². The second-order valence-corrected chi connectivity index (χ2v) is 3.66. The Morgan fingerprint density at radius 3 is 2.43 bits per heavy atom. The molecule has 2 atom stereocenters. The molecule has 1 N–H and O–H groups in total. The maximum atomic E-state index is 10.0. The van der Waals surface area contributed by atoms with Crippen molar-refractivity contribution in [1.29, 1.82) is 0 Å². The third kappa shape index (κ3) is 2.46. The smallest absolute Gasteiger partial charge is 0.0852 e. The van der Waals surface area contributed by atoms with Crippen molar-refractivity contribution in [2.24, 2.45) is 5.92 Å². The lowest BCUT2D eigenvalue weighted by Gasteiger charge is -2.20. The van der Waals surface area contributed by atoms with Crippen molar-refractivity contribution in [3.63, 3.8) is 0 Å². The van der Waals surface area contributed by atoms with Crippen LogP contribution in [0.2, 0.25) is 0 Å². The summed E-state index contributed by atoms with van der Waals surface area (Å²) in [7, 11) is 0. The van der Waals surface area contributed by atoms with E-state index in [0.29, 0.717) is 0 Å². The molecule has 76 valence electrons. The van der Waals surface area contributed by atoms with Crippen molar-refractivity contribution in [1.82, 2.24) is 0 Å². The first-order valence-corrected chi connectivity index (χ1v) is 5.07. The van der Waals surface area contributed by atoms with Gasteiger partial charge in [-0.1, -0.05) is 56.3 Å². The van der Waals surface area contributed by atoms with Crippen LogP contribution in [-0.4, -0.2) is 5.11 Å². The zero-order valence-electron chi connectivity index (χ0n) is 8.90. The van der Waals surface area contributed by atoms with Gasteiger partial charge < -0.3 is 5.11 Å². The third-order valence-corrected chi connectivity index (χ3v) is 2.71. The number of benzene rings is 1. The molecular weight excluding hydrogens is 172 g/mol. The van der Waals surface area contributed by atoms with Crippen molar-refractivity contribution in [3.8, 4) is 0 Å². The minimum atomic E-state index is -0.427. The van der Waals surface area contributed by atoms with E-state index in [-0.39, 0.29) is 5.92 Å². The van der Waals surface area contributed by atoms with Gasteiger partial charge in [0.1, 0.15) is 0 Å². The molecule has 1 nitrogen and oxygen atoms in total. The molecule has 0 heterocycles. The lowest BCUT2D eigenvalue weighted by Crippen LogP contribution is -2.10. The molecule has 1 aromatic rings. The van der Waals surface area contributed by atoms with Crippen LogP contribution >= 0.6 is 0 Å². The highest BCUT2D eigenvalue weighted by molar-refractivity contribution is 5.20. The van der Waals surface area contributed by atoms with Gasteiger partial charge in [0.15, 0.2) is 0 Å². The summed E-state index contributed by atoms with van der Waals surface area (Å²) in [4.78, 5) is 0. The predicted octanol–water partition coefficient (Wildman–Crippen LogP) is 3.32. The molecule has 0 aromatic heterocycles. The van der Waals surface area contributed by atoms with Crippen LogP contribution in [0.5, 0.6) is 0 Å². The standard InChI is InChI=1S/C13H18O/c1-4-10(2)11(3)13(14)12-8-6-5-7-9-12/h5-9,11,13-14H,2,4H2,1,3H3/t11-,13-/m1/s1. The molecule has 0 radical (unpaired) electrons. The molecule has 0 spiro atoms. The Kier molecular flexibility index (Phi) is 3.90. The van der Waals surface area contributed by atoms with E-state index in [2.05, 4.69) is 13.5 Å². The number of rotatable bonds is 4. The molecule has 0 aliphatic carbocycles. The summed E-state index contributed by atoms with van der Waals surface area (Å²) in [5.41, 5.74) is 2.07. The first-order valence-electron chi connectivity index (χ1n) is 5.07. The average molecular weight is 190 g/mol. The second-order valence-electron chi connectivity index (χ2n) is 3.66. The van der Waals surface area contributed by atoms with Crippen LogP contribution in [0.4, 0.5) is 0 Å². The van der Waals surface area contributed by atoms with Gasteiger partial charge in [-0.05, 0) is 12.0 Å². The number of hydrogen-bond acceptors (Lipinski definition) is 1. The molecule has 1 heteroatoms. The average Bonchev–Trinajstić information content (AvgIpc) is 2.27. The van der Waals surface area contributed by atoms with Gasteiger partial charge in [-0.15, -0.1) is 0 Å². The highest BCUT2D eigenvalue weighted by atomic mass is 16.3. The number of hydrogen-bond donors (Lipinski definition) is 1. The maximum Gasteiger partial charge on any atom is 0.0852 e. The summed E-state index contributed by atoms with van der Waals surface area (Å²) in [6, 6.07) is 9.74. The molecular formula is C13H18O. The predicted molar refractivity (Wildman–Crippen MR) is 60.0 cm³/mol. The van der Waals surface area contributed by atoms with E-state index in [1.807, 2.05) is 37.3 Å². The fourth-order valence-corrected chi connectivity index (χ4v) is 1.48. The Balaban J connectivity index is 2.75. The Morgan fingerprint density at radius 2 is 1.93 bits per heavy atom. The molecule has 0 amide bonds. The highest BCUT2D eigenvalue weighted by Crippen LogP contribution is 2.27. The molecule has 1 rings (SSSR count). The number of aliphatic hydroxyl groups is 1. The summed E-state index contributed by atoms with van der Waals surface area (Å²) >= 11 is 0. The van der Waals surface area contributed by atoms with Gasteiger partial charge in [0.05, 0.1) is 6.10 Å². The Morgan fingerprint density at radius 1 is 1.36 bits per heavy atom. The summed E-state index contributed by atoms with van der Waals surface area (Å²) in [6.07, 6.45) is 0.495. The normalized spacial score (nSPS) is 14.8. The first-order chi connectivity index (χ1) is 6.66. The van der Waals surface area contributed by atoms with E-state index in [1.54, 1.807) is 0 Å². The van der Waals surface area contributed by atoms with E-state index in [9.17, 15) is 5.11 Å². The molecule has 0 unspecified atom stereocenters. The number of aliphatic hydroxyl groups excluding tert-OH is 1. The molecule has 0 bridgehead atoms. The van der Waals surface area contributed by atoms with Gasteiger partial charge in [-0.2, -0.15) is 0 Å². The Bertz CT molecular complexity index is 289. The molecule has 0 aliphatic rings. The van der Waals surface area contributed by atoms with Gasteiger partial charge in [-0.25, -0.2) is 0 Å². The van der Waals surface area contributed by atoms with Gasteiger partial charge in [-0.3, -0.25) is 0 Å². The summed E-state index contributed by atoms with van der Waals surface area (Å²) in [5, 5.41) is 10.0. The molecule has 14 heavy (non-hydrogen) atoms. The largest absolute Gasteiger partial charge is 0.388 e. The molecule has 0 saturated heterocycles. The van der Waals surface area contributed by atoms with E-state index < -0.39 is 6.10 Å². The fraction of sp³-hybridized carbons (Fsp3) is 0.385. The molecule has 1 aromatic carbocycles. The Hall–Kier alpha value is -1.08. The quantitative estimate of drug-likeness (QED) is 0.722. The molecule has 0 fully saturated rings. The Labute approximate surface area is 86.1 Å². The summed E-state index contributed by atoms with van der Waals surface area (Å²) in [6.45, 7) is 8.04. The van der Waals surface area contributed by atoms with Crippen molar-refractivity contribution in [2.45, 2.75) is 26.4 Å². The molecule has 0 saturated carbocycles. The van der Waals surface area contributed by atoms with Gasteiger partial charge in [0.2, 0.25) is 0 Å². The zero-order chi connectivity index (χ0) is 10.6. The van der Waals surface area contributed by atoms with Crippen LogP contribution in [0.25, 0.3) is 0 Å². The van der Waals surface area contributed by atoms with Crippen LogP contribution < -0.4 is 0 Å². The van der Waals surface area contributed by atoms with Crippen molar-refractivity contribution >= 4 is 0 Å². The van der Waals surface area contributed by atoms with Crippen LogP contribution in [0.15, 0.2) is 42.5 Å². The van der Waals surface area contributed by atoms with E-state index in [0.717, 1.165) is 17.6 Å². The van der Waals surface area contributed by atoms with Crippen molar-refractivity contribution < 1.29 is 5.11 Å². The lowest BCUT2D eigenvalue weighted by molar-refractivity contribution is 0.133. The van der Waals surface area contributed by atoms with Crippen LogP contribution in [0.3, 0.4) is 0 Å². The monoisotopic (exact) mass is 190 g/mol. The second kappa shape index (κ2) is 4.97. The summed E-state index contributed by atoms with van der Waals surface area (Å²) < 4.78 is 0. The van der Waals surface area contributed by atoms with Gasteiger partial charge >= 0.3 is 0 Å². The van der Waals surface area contributed by atoms with Crippen molar-refractivity contribution in [3.05, 3.63) is 48.0 Å². The van der Waals surface area contributed by atoms with Crippen LogP contribution in [0, 0.1) is 5.92 Å². The van der Waals surface area contributed by atoms with E-state index in [1.165, 1.54) is 0 Å². The van der Waals surface area contributed by atoms with Gasteiger partial charge in [0.25, 0.3) is 0 Å². The van der Waals surface area contributed by atoms with Crippen molar-refractivity contribution in [2.75, 3.05) is 0 Å². The van der Waals surface area contributed by atoms with E-state index in [4.69, 9.17) is 0 Å². The third-order valence-electron chi connectivity index (χ3n) is 2.71. The minimum absolute atomic E-state index is 0.127. The zero-order valence-corrected chi connectivity index (χ0v) is 8.90. The first kappa shape index (κ1) is 11.0. The lowest BCUT2D eigenvalue weighted by atomic mass is 9.90. The van der Waals surface area contributed by atoms with Crippen LogP contribution in [-0.2, 0) is 0 Å². The van der Waals surface area contributed by atoms with E-state index >= 15 is 0 Å². The fourth-order valence-electron chi connectivity index (χ4n) is 1.48. The van der Waals surface area contributed by atoms with Gasteiger partial charge in [0, 0.05) is 5.92 Å². The maximum absolute atomic E-state index is 10.0. The summed E-state index contributed by atoms with van der Waals surface area (Å²) in [5.74, 6) is 0.127.